The summed E-state index contributed by atoms with van der Waals surface area (Å²) < 4.78 is 16.7. The highest BCUT2D eigenvalue weighted by Crippen LogP contribution is 2.32. The first-order valence-electron chi connectivity index (χ1n) is 9.58. The number of rotatable bonds is 3. The van der Waals surface area contributed by atoms with Crippen molar-refractivity contribution in [1.82, 2.24) is 9.55 Å². The molecule has 0 spiro atoms. The van der Waals surface area contributed by atoms with Crippen molar-refractivity contribution in [2.24, 2.45) is 0 Å². The molecule has 1 saturated heterocycles. The molecule has 2 N–H and O–H groups in total. The third-order valence-corrected chi connectivity index (χ3v) is 5.73. The highest BCUT2D eigenvalue weighted by Gasteiger charge is 2.29. The summed E-state index contributed by atoms with van der Waals surface area (Å²) in [4.78, 5) is 30.6. The van der Waals surface area contributed by atoms with Crippen molar-refractivity contribution in [3.05, 3.63) is 46.1 Å². The van der Waals surface area contributed by atoms with Gasteiger partial charge in [-0.15, -0.1) is 0 Å². The number of aryl methyl sites for hydroxylation is 1. The van der Waals surface area contributed by atoms with Crippen LogP contribution in [0.4, 0.5) is 10.1 Å². The lowest BCUT2D eigenvalue weighted by atomic mass is 9.93. The van der Waals surface area contributed by atoms with Crippen molar-refractivity contribution in [3.8, 4) is 0 Å². The number of piperidine rings is 1. The minimum atomic E-state index is -1.32. The highest BCUT2D eigenvalue weighted by molar-refractivity contribution is 6.07. The summed E-state index contributed by atoms with van der Waals surface area (Å²) in [5.74, 6) is -1.82. The van der Waals surface area contributed by atoms with Gasteiger partial charge in [0.15, 0.2) is 0 Å². The molecule has 1 aromatic carbocycles. The Morgan fingerprint density at radius 2 is 2.00 bits per heavy atom. The largest absolute Gasteiger partial charge is 0.477 e. The van der Waals surface area contributed by atoms with Crippen molar-refractivity contribution in [1.29, 1.82) is 0 Å². The Hall–Kier alpha value is -3.00. The number of halogens is 1. The first-order valence-corrected chi connectivity index (χ1v) is 9.58. The molecule has 3 aromatic rings. The fraction of sp³-hybridized carbons (Fsp3) is 0.381. The van der Waals surface area contributed by atoms with Crippen molar-refractivity contribution in [2.75, 3.05) is 18.0 Å². The van der Waals surface area contributed by atoms with Gasteiger partial charge in [0.25, 0.3) is 0 Å². The second kappa shape index (κ2) is 6.81. The lowest BCUT2D eigenvalue weighted by Crippen LogP contribution is -2.42. The molecule has 3 heterocycles. The molecule has 1 aliphatic heterocycles. The van der Waals surface area contributed by atoms with Crippen LogP contribution in [0.25, 0.3) is 21.8 Å². The molecule has 1 fully saturated rings. The summed E-state index contributed by atoms with van der Waals surface area (Å²) in [6.07, 6.45) is 3.87. The number of carbonyl (C=O) groups is 1. The van der Waals surface area contributed by atoms with Gasteiger partial charge in [0, 0.05) is 31.2 Å². The number of pyridine rings is 2. The predicted molar refractivity (Wildman–Crippen MR) is 108 cm³/mol. The smallest absolute Gasteiger partial charge is 0.341 e. The quantitative estimate of drug-likeness (QED) is 0.658. The van der Waals surface area contributed by atoms with E-state index >= 15 is 4.39 Å². The molecular weight excluding hydrogens is 377 g/mol. The zero-order chi connectivity index (χ0) is 20.9. The number of hydrogen-bond donors (Lipinski definition) is 2. The zero-order valence-corrected chi connectivity index (χ0v) is 16.3. The third-order valence-electron chi connectivity index (χ3n) is 5.73. The van der Waals surface area contributed by atoms with Crippen LogP contribution in [0.3, 0.4) is 0 Å². The molecule has 4 rings (SSSR count). The Balaban J connectivity index is 1.94. The molecule has 2 aromatic heterocycles. The molecule has 0 atom stereocenters. The van der Waals surface area contributed by atoms with E-state index < -0.39 is 22.8 Å². The maximum atomic E-state index is 15.0. The van der Waals surface area contributed by atoms with E-state index in [1.165, 1.54) is 18.5 Å². The fourth-order valence-corrected chi connectivity index (χ4v) is 3.95. The van der Waals surface area contributed by atoms with Crippen LogP contribution in [0.15, 0.2) is 29.3 Å². The number of carboxylic acid groups (broad SMARTS) is 1. The monoisotopic (exact) mass is 399 g/mol. The number of aromatic nitrogens is 2. The molecule has 0 radical (unpaired) electrons. The van der Waals surface area contributed by atoms with E-state index in [1.54, 1.807) is 17.6 Å². The molecule has 0 amide bonds. The van der Waals surface area contributed by atoms with Crippen LogP contribution in [0.2, 0.25) is 0 Å². The zero-order valence-electron chi connectivity index (χ0n) is 16.3. The van der Waals surface area contributed by atoms with Gasteiger partial charge < -0.3 is 19.7 Å². The van der Waals surface area contributed by atoms with E-state index in [-0.39, 0.29) is 10.9 Å². The lowest BCUT2D eigenvalue weighted by molar-refractivity contribution is 0.0350. The Morgan fingerprint density at radius 1 is 1.31 bits per heavy atom. The summed E-state index contributed by atoms with van der Waals surface area (Å²) in [5.41, 5.74) is -0.494. The molecule has 152 valence electrons. The van der Waals surface area contributed by atoms with Crippen LogP contribution in [-0.2, 0) is 6.54 Å². The van der Waals surface area contributed by atoms with Crippen molar-refractivity contribution >= 4 is 33.5 Å². The van der Waals surface area contributed by atoms with Gasteiger partial charge >= 0.3 is 5.97 Å². The molecule has 0 saturated carbocycles. The molecule has 29 heavy (non-hydrogen) atoms. The number of aliphatic hydroxyl groups is 1. The number of aromatic carboxylic acids is 1. The van der Waals surface area contributed by atoms with Gasteiger partial charge in [-0.1, -0.05) is 0 Å². The average molecular weight is 399 g/mol. The highest BCUT2D eigenvalue weighted by atomic mass is 19.1. The van der Waals surface area contributed by atoms with Crippen molar-refractivity contribution in [3.63, 3.8) is 0 Å². The van der Waals surface area contributed by atoms with Crippen LogP contribution in [0.5, 0.6) is 0 Å². The van der Waals surface area contributed by atoms with Crippen LogP contribution in [0.1, 0.15) is 37.0 Å². The van der Waals surface area contributed by atoms with E-state index in [2.05, 4.69) is 4.98 Å². The normalized spacial score (nSPS) is 16.5. The fourth-order valence-electron chi connectivity index (χ4n) is 3.95. The topological polar surface area (TPSA) is 95.7 Å². The Kier molecular flexibility index (Phi) is 4.53. The summed E-state index contributed by atoms with van der Waals surface area (Å²) in [5, 5.41) is 20.0. The van der Waals surface area contributed by atoms with Crippen LogP contribution >= 0.6 is 0 Å². The SMILES string of the molecule is CCn1cc(C(=O)O)c(=O)c2c3cc(F)c(N4CCC(C)(O)CC4)cc3ncc21. The second-order valence-electron chi connectivity index (χ2n) is 7.79. The van der Waals surface area contributed by atoms with E-state index in [9.17, 15) is 19.8 Å². The summed E-state index contributed by atoms with van der Waals surface area (Å²) in [6, 6.07) is 2.85. The molecule has 0 bridgehead atoms. The van der Waals surface area contributed by atoms with Crippen LogP contribution < -0.4 is 10.3 Å². The number of hydrogen-bond acceptors (Lipinski definition) is 5. The number of fused-ring (bicyclic) bond motifs is 3. The first-order chi connectivity index (χ1) is 13.7. The number of carboxylic acids is 1. The maximum Gasteiger partial charge on any atom is 0.341 e. The molecule has 7 nitrogen and oxygen atoms in total. The standard InChI is InChI=1S/C21H22FN3O4/c1-3-24-11-13(20(27)28)19(26)18-12-8-14(22)16(9-15(12)23-10-17(18)24)25-6-4-21(2,29)5-7-25/h8-11,29H,3-7H2,1-2H3,(H,27,28). The van der Waals surface area contributed by atoms with E-state index in [1.807, 2.05) is 11.8 Å². The predicted octanol–water partition coefficient (Wildman–Crippen LogP) is 2.76. The van der Waals surface area contributed by atoms with Gasteiger partial charge in [-0.2, -0.15) is 0 Å². The van der Waals surface area contributed by atoms with Crippen LogP contribution in [0, 0.1) is 5.82 Å². The maximum absolute atomic E-state index is 15.0. The molecule has 8 heteroatoms. The molecular formula is C21H22FN3O4. The number of benzene rings is 1. The summed E-state index contributed by atoms with van der Waals surface area (Å²) >= 11 is 0. The lowest BCUT2D eigenvalue weighted by Gasteiger charge is -2.37. The van der Waals surface area contributed by atoms with E-state index in [4.69, 9.17) is 0 Å². The van der Waals surface area contributed by atoms with Gasteiger partial charge in [-0.3, -0.25) is 9.78 Å². The minimum Gasteiger partial charge on any atom is -0.477 e. The average Bonchev–Trinajstić information content (AvgIpc) is 2.67. The third kappa shape index (κ3) is 3.23. The van der Waals surface area contributed by atoms with Gasteiger partial charge in [0.05, 0.1) is 33.9 Å². The van der Waals surface area contributed by atoms with Gasteiger partial charge in [-0.25, -0.2) is 9.18 Å². The summed E-state index contributed by atoms with van der Waals surface area (Å²) in [7, 11) is 0. The van der Waals surface area contributed by atoms with Crippen molar-refractivity contribution in [2.45, 2.75) is 38.8 Å². The number of anilines is 1. The van der Waals surface area contributed by atoms with Gasteiger partial charge in [-0.05, 0) is 38.8 Å². The van der Waals surface area contributed by atoms with Crippen molar-refractivity contribution < 1.29 is 19.4 Å². The van der Waals surface area contributed by atoms with E-state index in [0.717, 1.165) is 0 Å². The molecule has 0 aliphatic carbocycles. The van der Waals surface area contributed by atoms with Crippen LogP contribution in [-0.4, -0.2) is 44.4 Å². The molecule has 1 aliphatic rings. The molecule has 0 unspecified atom stereocenters. The first kappa shape index (κ1) is 19.3. The Morgan fingerprint density at radius 3 is 2.62 bits per heavy atom. The number of nitrogens with zero attached hydrogens (tertiary/aromatic N) is 3. The van der Waals surface area contributed by atoms with E-state index in [0.29, 0.717) is 54.6 Å². The second-order valence-corrected chi connectivity index (χ2v) is 7.79. The van der Waals surface area contributed by atoms with Gasteiger partial charge in [0.1, 0.15) is 11.4 Å². The Labute approximate surface area is 166 Å². The van der Waals surface area contributed by atoms with Gasteiger partial charge in [0.2, 0.25) is 5.43 Å². The minimum absolute atomic E-state index is 0.156. The Bertz CT molecular complexity index is 1190. The summed E-state index contributed by atoms with van der Waals surface area (Å²) in [6.45, 7) is 5.06.